The van der Waals surface area contributed by atoms with Gasteiger partial charge in [0.1, 0.15) is 0 Å². The minimum absolute atomic E-state index is 1.31. The zero-order chi connectivity index (χ0) is 11.8. The Morgan fingerprint density at radius 1 is 1.00 bits per heavy atom. The molecule has 0 unspecified atom stereocenters. The summed E-state index contributed by atoms with van der Waals surface area (Å²) in [6.45, 7) is 4.56. The Morgan fingerprint density at radius 3 is 2.25 bits per heavy atom. The molecule has 16 heavy (non-hydrogen) atoms. The Kier molecular flexibility index (Phi) is 7.54. The molecule has 0 saturated carbocycles. The van der Waals surface area contributed by atoms with Crippen molar-refractivity contribution in [2.75, 3.05) is 0 Å². The van der Waals surface area contributed by atoms with Gasteiger partial charge in [0.25, 0.3) is 0 Å². The van der Waals surface area contributed by atoms with Gasteiger partial charge in [0.05, 0.1) is 0 Å². The molecule has 0 atom stereocenters. The summed E-state index contributed by atoms with van der Waals surface area (Å²) in [5.74, 6) is 0. The third-order valence-electron chi connectivity index (χ3n) is 3.08. The number of hydrogen-bond acceptors (Lipinski definition) is 1. The van der Waals surface area contributed by atoms with Gasteiger partial charge in [0.15, 0.2) is 0 Å². The van der Waals surface area contributed by atoms with Crippen LogP contribution in [0.2, 0.25) is 0 Å². The molecule has 0 N–H and O–H groups in total. The number of aryl methyl sites for hydroxylation is 2. The average molecular weight is 230 g/mol. The fourth-order valence-electron chi connectivity index (χ4n) is 2.14. The third-order valence-corrected chi connectivity index (χ3v) is 4.23. The number of hydrogen-bond donors (Lipinski definition) is 0. The van der Waals surface area contributed by atoms with Gasteiger partial charge in [-0.3, -0.25) is 0 Å². The van der Waals surface area contributed by atoms with Crippen LogP contribution in [0.25, 0.3) is 0 Å². The van der Waals surface area contributed by atoms with E-state index in [0.29, 0.717) is 0 Å². The van der Waals surface area contributed by atoms with E-state index in [1.54, 1.807) is 10.4 Å². The molecule has 1 aromatic heterocycles. The van der Waals surface area contributed by atoms with Crippen molar-refractivity contribution in [3.05, 3.63) is 16.5 Å². The van der Waals surface area contributed by atoms with E-state index in [4.69, 9.17) is 0 Å². The van der Waals surface area contributed by atoms with Gasteiger partial charge in [-0.1, -0.05) is 0 Å². The monoisotopic (exact) mass is 230 g/mol. The van der Waals surface area contributed by atoms with E-state index in [1.807, 2.05) is 11.3 Å². The van der Waals surface area contributed by atoms with Crippen LogP contribution in [-0.4, -0.2) is 17.7 Å². The van der Waals surface area contributed by atoms with E-state index in [9.17, 15) is 0 Å². The van der Waals surface area contributed by atoms with E-state index < -0.39 is 0 Å². The summed E-state index contributed by atoms with van der Waals surface area (Å²) in [4.78, 5) is 1.67. The Morgan fingerprint density at radius 2 is 1.62 bits per heavy atom. The molecule has 0 aromatic carbocycles. The van der Waals surface area contributed by atoms with Crippen molar-refractivity contribution in [2.24, 2.45) is 0 Å². The second-order valence-electron chi connectivity index (χ2n) is 4.72. The van der Waals surface area contributed by atoms with Crippen molar-refractivity contribution in [3.63, 3.8) is 0 Å². The first-order valence-electron chi connectivity index (χ1n) is 6.86. The summed E-state index contributed by atoms with van der Waals surface area (Å²) in [7, 11) is 0. The maximum atomic E-state index is 2.42. The molecule has 86 valence electrons. The zero-order valence-corrected chi connectivity index (χ0v) is 12.0. The van der Waals surface area contributed by atoms with Gasteiger partial charge in [-0.2, -0.15) is 0 Å². The molecular weight excluding hydrogens is 207 g/mol. The summed E-state index contributed by atoms with van der Waals surface area (Å²) in [6.07, 6.45) is 10.8. The van der Waals surface area contributed by atoms with E-state index in [2.05, 4.69) is 37.6 Å². The molecule has 0 amide bonds. The summed E-state index contributed by atoms with van der Waals surface area (Å²) in [5, 5.41) is 0. The van der Waals surface area contributed by atoms with Crippen LogP contribution in [0.3, 0.4) is 0 Å². The zero-order valence-electron chi connectivity index (χ0n) is 11.1. The summed E-state index contributed by atoms with van der Waals surface area (Å²) in [5.41, 5.74) is 1.65. The molecule has 0 radical (unpaired) electrons. The minimum atomic E-state index is 1.31. The average Bonchev–Trinajstić information content (AvgIpc) is 2.60. The van der Waals surface area contributed by atoms with E-state index in [-0.39, 0.29) is 0 Å². The molecule has 0 aliphatic heterocycles. The quantitative estimate of drug-likeness (QED) is 0.467. The SMILES string of the molecule is [Li][c]1cc(CCCCC)c(CCCCC)s1. The molecule has 0 bridgehead atoms. The Labute approximate surface area is 114 Å². The van der Waals surface area contributed by atoms with Gasteiger partial charge in [-0.05, 0) is 0 Å². The van der Waals surface area contributed by atoms with Crippen LogP contribution in [-0.2, 0) is 12.8 Å². The van der Waals surface area contributed by atoms with Gasteiger partial charge in [0.2, 0.25) is 0 Å². The summed E-state index contributed by atoms with van der Waals surface area (Å²) in [6, 6.07) is 2.42. The molecular formula is C14H23LiS. The van der Waals surface area contributed by atoms with Gasteiger partial charge >= 0.3 is 114 Å². The van der Waals surface area contributed by atoms with Gasteiger partial charge in [-0.15, -0.1) is 0 Å². The number of thiophene rings is 1. The van der Waals surface area contributed by atoms with E-state index in [1.165, 1.54) is 54.9 Å². The predicted octanol–water partition coefficient (Wildman–Crippen LogP) is 4.01. The normalized spacial score (nSPS) is 11.0. The van der Waals surface area contributed by atoms with E-state index >= 15 is 0 Å². The van der Waals surface area contributed by atoms with Crippen LogP contribution in [0, 0.1) is 0 Å². The molecule has 0 fully saturated rings. The molecule has 0 saturated heterocycles. The van der Waals surface area contributed by atoms with Crippen molar-refractivity contribution in [1.82, 2.24) is 0 Å². The number of rotatable bonds is 8. The fraction of sp³-hybridized carbons (Fsp3) is 0.714. The standard InChI is InChI=1S/C14H23S.Li/c1-3-5-7-9-13-11-12-15-14(13)10-8-6-4-2;/h11H,3-10H2,1-2H3;. The van der Waals surface area contributed by atoms with Crippen molar-refractivity contribution in [3.8, 4) is 0 Å². The first kappa shape index (κ1) is 14.4. The maximum absolute atomic E-state index is 2.42. The van der Waals surface area contributed by atoms with Crippen LogP contribution < -0.4 is 3.55 Å². The van der Waals surface area contributed by atoms with Crippen LogP contribution in [0.4, 0.5) is 0 Å². The van der Waals surface area contributed by atoms with Crippen LogP contribution in [0.1, 0.15) is 62.8 Å². The van der Waals surface area contributed by atoms with Gasteiger partial charge < -0.3 is 0 Å². The molecule has 1 heterocycles. The molecule has 0 nitrogen and oxygen atoms in total. The predicted molar refractivity (Wildman–Crippen MR) is 76.2 cm³/mol. The Bertz CT molecular complexity index is 263. The van der Waals surface area contributed by atoms with Crippen molar-refractivity contribution < 1.29 is 0 Å². The van der Waals surface area contributed by atoms with Crippen LogP contribution in [0.15, 0.2) is 6.07 Å². The molecule has 1 rings (SSSR count). The first-order chi connectivity index (χ1) is 7.77. The van der Waals surface area contributed by atoms with E-state index in [0.717, 1.165) is 0 Å². The van der Waals surface area contributed by atoms with Crippen molar-refractivity contribution in [2.45, 2.75) is 65.2 Å². The fourth-order valence-corrected chi connectivity index (χ4v) is 3.27. The molecule has 0 spiro atoms. The van der Waals surface area contributed by atoms with Gasteiger partial charge in [0, 0.05) is 0 Å². The Hall–Kier alpha value is 0.297. The molecule has 1 aromatic rings. The third kappa shape index (κ3) is 5.08. The van der Waals surface area contributed by atoms with Gasteiger partial charge in [-0.25, -0.2) is 0 Å². The number of unbranched alkanes of at least 4 members (excludes halogenated alkanes) is 4. The molecule has 2 heteroatoms. The summed E-state index contributed by atoms with van der Waals surface area (Å²) < 4.78 is 1.50. The molecule has 0 aliphatic carbocycles. The molecule has 0 aliphatic rings. The topological polar surface area (TPSA) is 0 Å². The Balaban J connectivity index is 2.46. The van der Waals surface area contributed by atoms with Crippen molar-refractivity contribution in [1.29, 1.82) is 0 Å². The summed E-state index contributed by atoms with van der Waals surface area (Å²) >= 11 is 4.27. The first-order valence-corrected chi connectivity index (χ1v) is 7.67. The second-order valence-corrected chi connectivity index (χ2v) is 6.06. The van der Waals surface area contributed by atoms with Crippen LogP contribution >= 0.6 is 11.3 Å². The van der Waals surface area contributed by atoms with Crippen LogP contribution in [0.5, 0.6) is 0 Å². The van der Waals surface area contributed by atoms with Crippen molar-refractivity contribution >= 4 is 32.6 Å². The second kappa shape index (κ2) is 8.40.